The lowest BCUT2D eigenvalue weighted by Crippen LogP contribution is -2.31. The van der Waals surface area contributed by atoms with Crippen molar-refractivity contribution in [2.24, 2.45) is 10.7 Å². The zero-order valence-corrected chi connectivity index (χ0v) is 12.9. The lowest BCUT2D eigenvalue weighted by Gasteiger charge is -2.18. The smallest absolute Gasteiger partial charge is 0.344 e. The fraction of sp³-hybridized carbons (Fsp3) is 0.300. The summed E-state index contributed by atoms with van der Waals surface area (Å²) >= 11 is 3.42. The average Bonchev–Trinajstić information content (AvgIpc) is 2.31. The van der Waals surface area contributed by atoms with E-state index in [0.29, 0.717) is 14.4 Å². The highest BCUT2D eigenvalue weighted by molar-refractivity contribution is 14.1. The molecule has 18 heavy (non-hydrogen) atoms. The zero-order chi connectivity index (χ0) is 13.7. The molecule has 4 N–H and O–H groups in total. The standard InChI is InChI=1S/C10H13IN4O2S/c1-3-17-9(16)6(8(12)13)7-5(11)4-14-10(15-7)18-2/h4H,3H2,1-2H3,(H3,12,13)(H,14,15)/b7-6-. The number of nitrogens with one attached hydrogen (secondary N) is 2. The number of amidine groups is 2. The van der Waals surface area contributed by atoms with Gasteiger partial charge < -0.3 is 15.8 Å². The summed E-state index contributed by atoms with van der Waals surface area (Å²) < 4.78 is 5.60. The Morgan fingerprint density at radius 2 is 2.39 bits per heavy atom. The van der Waals surface area contributed by atoms with Crippen molar-refractivity contribution < 1.29 is 9.53 Å². The third-order valence-corrected chi connectivity index (χ3v) is 3.37. The number of rotatable bonds is 3. The van der Waals surface area contributed by atoms with Gasteiger partial charge >= 0.3 is 5.97 Å². The van der Waals surface area contributed by atoms with Crippen molar-refractivity contribution >= 4 is 51.3 Å². The van der Waals surface area contributed by atoms with E-state index in [1.54, 1.807) is 13.1 Å². The van der Waals surface area contributed by atoms with Crippen LogP contribution < -0.4 is 11.1 Å². The number of carbonyl (C=O) groups is 1. The van der Waals surface area contributed by atoms with Crippen LogP contribution in [0.15, 0.2) is 26.0 Å². The van der Waals surface area contributed by atoms with Crippen molar-refractivity contribution in [2.45, 2.75) is 6.92 Å². The van der Waals surface area contributed by atoms with Crippen molar-refractivity contribution in [1.29, 1.82) is 5.41 Å². The number of nitrogens with zero attached hydrogens (tertiary/aromatic N) is 1. The van der Waals surface area contributed by atoms with Crippen molar-refractivity contribution in [1.82, 2.24) is 5.32 Å². The van der Waals surface area contributed by atoms with Gasteiger partial charge in [-0.2, -0.15) is 0 Å². The van der Waals surface area contributed by atoms with Gasteiger partial charge in [-0.25, -0.2) is 9.79 Å². The molecule has 0 aromatic rings. The zero-order valence-electron chi connectivity index (χ0n) is 9.91. The number of nitrogens with two attached hydrogens (primary N) is 1. The molecule has 1 aliphatic heterocycles. The van der Waals surface area contributed by atoms with Gasteiger partial charge in [-0.15, -0.1) is 0 Å². The predicted octanol–water partition coefficient (Wildman–Crippen LogP) is 1.34. The molecule has 0 amide bonds. The summed E-state index contributed by atoms with van der Waals surface area (Å²) in [6, 6.07) is 0. The Hall–Kier alpha value is -1.03. The summed E-state index contributed by atoms with van der Waals surface area (Å²) in [5.74, 6) is -0.946. The molecule has 0 aromatic carbocycles. The van der Waals surface area contributed by atoms with E-state index in [1.807, 2.05) is 28.8 Å². The lowest BCUT2D eigenvalue weighted by molar-refractivity contribution is -0.137. The molecule has 0 saturated heterocycles. The molecule has 0 unspecified atom stereocenters. The van der Waals surface area contributed by atoms with Crippen molar-refractivity contribution in [3.05, 3.63) is 21.0 Å². The summed E-state index contributed by atoms with van der Waals surface area (Å²) in [4.78, 5) is 15.9. The molecular formula is C10H13IN4O2S. The van der Waals surface area contributed by atoms with Gasteiger partial charge in [0.05, 0.1) is 15.9 Å². The second kappa shape index (κ2) is 6.78. The van der Waals surface area contributed by atoms with E-state index >= 15 is 0 Å². The second-order valence-corrected chi connectivity index (χ2v) is 5.08. The van der Waals surface area contributed by atoms with E-state index in [4.69, 9.17) is 15.9 Å². The summed E-state index contributed by atoms with van der Waals surface area (Å²) in [6.07, 6.45) is 3.47. The number of esters is 1. The first-order valence-corrected chi connectivity index (χ1v) is 7.32. The van der Waals surface area contributed by atoms with E-state index in [9.17, 15) is 4.79 Å². The minimum absolute atomic E-state index is 0.0268. The maximum absolute atomic E-state index is 11.8. The molecule has 0 radical (unpaired) electrons. The van der Waals surface area contributed by atoms with Crippen LogP contribution in [0.4, 0.5) is 0 Å². The minimum Gasteiger partial charge on any atom is -0.462 e. The Kier molecular flexibility index (Phi) is 5.66. The summed E-state index contributed by atoms with van der Waals surface area (Å²) in [6.45, 7) is 1.93. The largest absolute Gasteiger partial charge is 0.462 e. The Labute approximate surface area is 123 Å². The van der Waals surface area contributed by atoms with E-state index in [-0.39, 0.29) is 18.0 Å². The maximum Gasteiger partial charge on any atom is 0.344 e. The number of carbonyl (C=O) groups excluding carboxylic acids is 1. The summed E-state index contributed by atoms with van der Waals surface area (Å²) in [7, 11) is 0. The van der Waals surface area contributed by atoms with Gasteiger partial charge in [0, 0.05) is 6.20 Å². The molecule has 0 spiro atoms. The number of halogens is 1. The fourth-order valence-electron chi connectivity index (χ4n) is 1.21. The fourth-order valence-corrected chi connectivity index (χ4v) is 2.12. The van der Waals surface area contributed by atoms with Gasteiger partial charge in [-0.05, 0) is 35.8 Å². The van der Waals surface area contributed by atoms with Crippen molar-refractivity contribution in [2.75, 3.05) is 12.9 Å². The third-order valence-electron chi connectivity index (χ3n) is 1.96. The first-order chi connectivity index (χ1) is 8.51. The van der Waals surface area contributed by atoms with Crippen LogP contribution in [-0.4, -0.2) is 29.8 Å². The molecular weight excluding hydrogens is 367 g/mol. The molecule has 0 bridgehead atoms. The quantitative estimate of drug-likeness (QED) is 0.226. The Balaban J connectivity index is 3.21. The average molecular weight is 380 g/mol. The van der Waals surface area contributed by atoms with Crippen LogP contribution in [0.25, 0.3) is 0 Å². The molecule has 98 valence electrons. The number of hydrogen-bond donors (Lipinski definition) is 3. The van der Waals surface area contributed by atoms with Gasteiger partial charge in [-0.1, -0.05) is 11.8 Å². The molecule has 0 aromatic heterocycles. The number of allylic oxidation sites excluding steroid dienone is 1. The molecule has 1 heterocycles. The number of aliphatic imine (C=N–C) groups is 1. The number of ether oxygens (including phenoxy) is 1. The topological polar surface area (TPSA) is 101 Å². The van der Waals surface area contributed by atoms with E-state index in [2.05, 4.69) is 10.3 Å². The van der Waals surface area contributed by atoms with Gasteiger partial charge in [0.1, 0.15) is 11.4 Å². The van der Waals surface area contributed by atoms with Crippen LogP contribution in [-0.2, 0) is 9.53 Å². The Morgan fingerprint density at radius 3 is 2.89 bits per heavy atom. The molecule has 8 heteroatoms. The molecule has 1 rings (SSSR count). The van der Waals surface area contributed by atoms with Crippen molar-refractivity contribution in [3.8, 4) is 0 Å². The van der Waals surface area contributed by atoms with Crippen LogP contribution in [0, 0.1) is 5.41 Å². The van der Waals surface area contributed by atoms with Crippen molar-refractivity contribution in [3.63, 3.8) is 0 Å². The van der Waals surface area contributed by atoms with E-state index in [1.165, 1.54) is 11.8 Å². The summed E-state index contributed by atoms with van der Waals surface area (Å²) in [5.41, 5.74) is 5.94. The van der Waals surface area contributed by atoms with Gasteiger partial charge in [-0.3, -0.25) is 5.41 Å². The highest BCUT2D eigenvalue weighted by Gasteiger charge is 2.24. The molecule has 6 nitrogen and oxygen atoms in total. The first-order valence-electron chi connectivity index (χ1n) is 5.01. The Morgan fingerprint density at radius 1 is 1.72 bits per heavy atom. The van der Waals surface area contributed by atoms with Crippen LogP contribution in [0.5, 0.6) is 0 Å². The normalized spacial score (nSPS) is 17.3. The van der Waals surface area contributed by atoms with Crippen LogP contribution in [0.1, 0.15) is 6.92 Å². The number of hydrogen-bond acceptors (Lipinski definition) is 6. The predicted molar refractivity (Wildman–Crippen MR) is 81.8 cm³/mol. The molecule has 0 aliphatic carbocycles. The van der Waals surface area contributed by atoms with Crippen LogP contribution in [0.2, 0.25) is 0 Å². The SMILES string of the molecule is CCOC(=O)/C(C(=N)N)=C1\NC(SC)=NC=C1I. The van der Waals surface area contributed by atoms with Crippen LogP contribution >= 0.6 is 34.4 Å². The van der Waals surface area contributed by atoms with E-state index < -0.39 is 5.97 Å². The molecule has 1 aliphatic rings. The Bertz CT molecular complexity index is 470. The molecule has 0 atom stereocenters. The first kappa shape index (κ1) is 15.0. The van der Waals surface area contributed by atoms with E-state index in [0.717, 1.165) is 0 Å². The van der Waals surface area contributed by atoms with Gasteiger partial charge in [0.2, 0.25) is 0 Å². The minimum atomic E-state index is -0.614. The van der Waals surface area contributed by atoms with Gasteiger partial charge in [0.25, 0.3) is 0 Å². The number of thioether (sulfide) groups is 1. The summed E-state index contributed by atoms with van der Waals surface area (Å²) in [5, 5.41) is 11.1. The third kappa shape index (κ3) is 3.48. The maximum atomic E-state index is 11.8. The van der Waals surface area contributed by atoms with Crippen LogP contribution in [0.3, 0.4) is 0 Å². The highest BCUT2D eigenvalue weighted by atomic mass is 127. The lowest BCUT2D eigenvalue weighted by atomic mass is 10.1. The molecule has 0 saturated carbocycles. The molecule has 0 fully saturated rings. The second-order valence-electron chi connectivity index (χ2n) is 3.12. The monoisotopic (exact) mass is 380 g/mol. The van der Waals surface area contributed by atoms with Gasteiger partial charge in [0.15, 0.2) is 5.17 Å². The highest BCUT2D eigenvalue weighted by Crippen LogP contribution is 2.24.